The van der Waals surface area contributed by atoms with Crippen molar-refractivity contribution in [3.63, 3.8) is 0 Å². The molecule has 0 saturated carbocycles. The quantitative estimate of drug-likeness (QED) is 0.197. The molecule has 10 rings (SSSR count). The summed E-state index contributed by atoms with van der Waals surface area (Å²) in [6, 6.07) is 44.8. The second-order valence-corrected chi connectivity index (χ2v) is 12.0. The molecule has 9 aromatic rings. The van der Waals surface area contributed by atoms with Gasteiger partial charge < -0.3 is 4.42 Å². The lowest BCUT2D eigenvalue weighted by atomic mass is 9.87. The molecule has 1 aromatic heterocycles. The van der Waals surface area contributed by atoms with Crippen molar-refractivity contribution in [2.45, 2.75) is 12.8 Å². The lowest BCUT2D eigenvalue weighted by molar-refractivity contribution is 0.669. The summed E-state index contributed by atoms with van der Waals surface area (Å²) in [7, 11) is 0. The number of benzene rings is 8. The highest BCUT2D eigenvalue weighted by molar-refractivity contribution is 6.25. The van der Waals surface area contributed by atoms with Crippen LogP contribution in [0, 0.1) is 0 Å². The van der Waals surface area contributed by atoms with Crippen LogP contribution in [0.1, 0.15) is 17.5 Å². The smallest absolute Gasteiger partial charge is 0.135 e. The maximum atomic E-state index is 6.38. The van der Waals surface area contributed by atoms with Gasteiger partial charge in [-0.3, -0.25) is 0 Å². The van der Waals surface area contributed by atoms with Crippen LogP contribution in [0.15, 0.2) is 132 Å². The Hall–Kier alpha value is -5.40. The second kappa shape index (κ2) is 8.56. The molecule has 0 amide bonds. The zero-order chi connectivity index (χ0) is 28.1. The minimum Gasteiger partial charge on any atom is -0.456 e. The van der Waals surface area contributed by atoms with Crippen molar-refractivity contribution in [1.29, 1.82) is 0 Å². The molecule has 8 aromatic carbocycles. The molecule has 0 N–H and O–H groups in total. The first-order valence-corrected chi connectivity index (χ1v) is 15.1. The molecule has 0 radical (unpaired) electrons. The molecule has 200 valence electrons. The molecule has 1 aliphatic carbocycles. The predicted octanol–water partition coefficient (Wildman–Crippen LogP) is 11.9. The molecular weight excluding hydrogens is 520 g/mol. The second-order valence-electron chi connectivity index (χ2n) is 12.0. The Balaban J connectivity index is 1.20. The van der Waals surface area contributed by atoms with E-state index in [1.54, 1.807) is 0 Å². The van der Waals surface area contributed by atoms with E-state index >= 15 is 0 Å². The lowest BCUT2D eigenvalue weighted by Crippen LogP contribution is -1.97. The Bertz CT molecular complexity index is 2600. The van der Waals surface area contributed by atoms with Gasteiger partial charge in [0, 0.05) is 10.8 Å². The van der Waals surface area contributed by atoms with E-state index in [4.69, 9.17) is 4.42 Å². The van der Waals surface area contributed by atoms with Crippen molar-refractivity contribution < 1.29 is 4.42 Å². The maximum Gasteiger partial charge on any atom is 0.135 e. The first kappa shape index (κ1) is 23.2. The summed E-state index contributed by atoms with van der Waals surface area (Å²) in [6.45, 7) is 0. The highest BCUT2D eigenvalue weighted by Crippen LogP contribution is 2.42. The van der Waals surface area contributed by atoms with Crippen LogP contribution in [0.5, 0.6) is 0 Å². The number of rotatable bonds is 2. The Morgan fingerprint density at radius 3 is 1.93 bits per heavy atom. The fourth-order valence-electron chi connectivity index (χ4n) is 7.64. The van der Waals surface area contributed by atoms with Crippen LogP contribution in [0.2, 0.25) is 0 Å². The van der Waals surface area contributed by atoms with Crippen molar-refractivity contribution >= 4 is 71.1 Å². The molecular formula is C42H26O. The van der Waals surface area contributed by atoms with Crippen molar-refractivity contribution in [3.05, 3.63) is 139 Å². The highest BCUT2D eigenvalue weighted by atomic mass is 16.3. The summed E-state index contributed by atoms with van der Waals surface area (Å²) in [5.41, 5.74) is 9.66. The number of aryl methyl sites for hydroxylation is 1. The molecule has 0 spiro atoms. The van der Waals surface area contributed by atoms with E-state index in [2.05, 4.69) is 133 Å². The summed E-state index contributed by atoms with van der Waals surface area (Å²) in [6.07, 6.45) is 6.79. The van der Waals surface area contributed by atoms with Crippen molar-refractivity contribution in [3.8, 4) is 22.3 Å². The van der Waals surface area contributed by atoms with Crippen LogP contribution >= 0.6 is 0 Å². The highest BCUT2D eigenvalue weighted by Gasteiger charge is 2.17. The third-order valence-corrected chi connectivity index (χ3v) is 9.66. The van der Waals surface area contributed by atoms with Crippen LogP contribution < -0.4 is 0 Å². The van der Waals surface area contributed by atoms with E-state index in [1.807, 2.05) is 0 Å². The fraction of sp³-hybridized carbons (Fsp3) is 0.0476. The van der Waals surface area contributed by atoms with Gasteiger partial charge in [-0.1, -0.05) is 103 Å². The van der Waals surface area contributed by atoms with Crippen LogP contribution in [-0.2, 0) is 6.42 Å². The van der Waals surface area contributed by atoms with E-state index in [-0.39, 0.29) is 0 Å². The van der Waals surface area contributed by atoms with Crippen LogP contribution in [0.25, 0.3) is 93.4 Å². The summed E-state index contributed by atoms with van der Waals surface area (Å²) in [4.78, 5) is 0. The zero-order valence-electron chi connectivity index (χ0n) is 23.5. The van der Waals surface area contributed by atoms with Gasteiger partial charge in [-0.05, 0) is 120 Å². The van der Waals surface area contributed by atoms with E-state index in [0.29, 0.717) is 0 Å². The van der Waals surface area contributed by atoms with Gasteiger partial charge in [-0.15, -0.1) is 0 Å². The van der Waals surface area contributed by atoms with Crippen molar-refractivity contribution in [2.24, 2.45) is 0 Å². The van der Waals surface area contributed by atoms with E-state index in [9.17, 15) is 0 Å². The van der Waals surface area contributed by atoms with Gasteiger partial charge in [0.1, 0.15) is 11.2 Å². The molecule has 0 atom stereocenters. The minimum absolute atomic E-state index is 0.925. The van der Waals surface area contributed by atoms with E-state index in [1.165, 1.54) is 76.5 Å². The van der Waals surface area contributed by atoms with Gasteiger partial charge >= 0.3 is 0 Å². The molecule has 0 unspecified atom stereocenters. The van der Waals surface area contributed by atoms with E-state index < -0.39 is 0 Å². The zero-order valence-corrected chi connectivity index (χ0v) is 23.5. The monoisotopic (exact) mass is 546 g/mol. The molecule has 0 fully saturated rings. The summed E-state index contributed by atoms with van der Waals surface area (Å²) in [5, 5.41) is 12.8. The average molecular weight is 547 g/mol. The normalized spacial score (nSPS) is 13.3. The standard InChI is InChI=1S/C42H26O/c1-2-9-31-28(6-1)22-36(34-11-4-3-10-33(31)34)30-17-21-40-38(24-30)37-23-29(16-20-39(37)43-40)32-18-14-27-13-12-25-7-5-8-26-15-19-35(32)42(27)41(25)26/h2-5,7-24H,1,6H2. The lowest BCUT2D eigenvalue weighted by Gasteiger charge is -2.17. The number of hydrogen-bond donors (Lipinski definition) is 0. The fourth-order valence-corrected chi connectivity index (χ4v) is 7.64. The topological polar surface area (TPSA) is 13.1 Å². The van der Waals surface area contributed by atoms with Gasteiger partial charge in [0.25, 0.3) is 0 Å². The number of fused-ring (bicyclic) bond motifs is 6. The third kappa shape index (κ3) is 3.28. The molecule has 0 saturated heterocycles. The van der Waals surface area contributed by atoms with Crippen molar-refractivity contribution in [1.82, 2.24) is 0 Å². The first-order valence-electron chi connectivity index (χ1n) is 15.1. The van der Waals surface area contributed by atoms with Gasteiger partial charge in [0.15, 0.2) is 0 Å². The van der Waals surface area contributed by atoms with Crippen LogP contribution in [0.4, 0.5) is 0 Å². The summed E-state index contributed by atoms with van der Waals surface area (Å²) < 4.78 is 6.38. The van der Waals surface area contributed by atoms with Crippen molar-refractivity contribution in [2.75, 3.05) is 0 Å². The molecule has 1 heterocycles. The van der Waals surface area contributed by atoms with Gasteiger partial charge in [-0.25, -0.2) is 0 Å². The first-order chi connectivity index (χ1) is 21.3. The molecule has 0 aliphatic heterocycles. The van der Waals surface area contributed by atoms with Crippen LogP contribution in [0.3, 0.4) is 0 Å². The summed E-state index contributed by atoms with van der Waals surface area (Å²) >= 11 is 0. The van der Waals surface area contributed by atoms with Crippen LogP contribution in [-0.4, -0.2) is 0 Å². The van der Waals surface area contributed by atoms with Gasteiger partial charge in [0.05, 0.1) is 0 Å². The SMILES string of the molecule is C1=Cc2c(cc(-c3ccc4oc5ccc(-c6ccc7ccc8cccc9ccc6c7c89)cc5c4c3)c3ccccc23)CC1. The molecule has 0 bridgehead atoms. The molecule has 1 heteroatoms. The Kier molecular flexibility index (Phi) is 4.62. The summed E-state index contributed by atoms with van der Waals surface area (Å²) in [5.74, 6) is 0. The Morgan fingerprint density at radius 2 is 1.14 bits per heavy atom. The predicted molar refractivity (Wildman–Crippen MR) is 183 cm³/mol. The van der Waals surface area contributed by atoms with Gasteiger partial charge in [-0.2, -0.15) is 0 Å². The number of hydrogen-bond acceptors (Lipinski definition) is 1. The number of allylic oxidation sites excluding steroid dienone is 1. The Morgan fingerprint density at radius 1 is 0.465 bits per heavy atom. The number of furan rings is 1. The molecule has 1 aliphatic rings. The molecule has 43 heavy (non-hydrogen) atoms. The third-order valence-electron chi connectivity index (χ3n) is 9.66. The van der Waals surface area contributed by atoms with E-state index in [0.717, 1.165) is 34.8 Å². The van der Waals surface area contributed by atoms with Gasteiger partial charge in [0.2, 0.25) is 0 Å². The largest absolute Gasteiger partial charge is 0.456 e. The molecule has 1 nitrogen and oxygen atoms in total. The minimum atomic E-state index is 0.925. The average Bonchev–Trinajstić information content (AvgIpc) is 3.44. The Labute approximate surface area is 248 Å². The maximum absolute atomic E-state index is 6.38.